The number of hydrogen-bond donors (Lipinski definition) is 2. The van der Waals surface area contributed by atoms with Crippen molar-refractivity contribution in [1.29, 1.82) is 0 Å². The van der Waals surface area contributed by atoms with Gasteiger partial charge in [-0.05, 0) is 232 Å². The highest BCUT2D eigenvalue weighted by molar-refractivity contribution is 8.18. The van der Waals surface area contributed by atoms with E-state index in [0.717, 1.165) is 95.2 Å². The quantitative estimate of drug-likeness (QED) is 0.124. The van der Waals surface area contributed by atoms with Gasteiger partial charge in [-0.2, -0.15) is 0 Å². The lowest BCUT2D eigenvalue weighted by Crippen LogP contribution is -2.53. The lowest BCUT2D eigenvalue weighted by Gasteiger charge is -2.39. The van der Waals surface area contributed by atoms with Gasteiger partial charge < -0.3 is 44.7 Å². The van der Waals surface area contributed by atoms with E-state index in [1.54, 1.807) is 4.90 Å². The minimum Gasteiger partial charge on any atom is -0.480 e. The van der Waals surface area contributed by atoms with Gasteiger partial charge in [0.2, 0.25) is 5.91 Å². The van der Waals surface area contributed by atoms with E-state index in [9.17, 15) is 24.3 Å². The number of nitrogens with one attached hydrogen (secondary N) is 1. The molecule has 93 heavy (non-hydrogen) atoms. The molecular weight excluding hydrogens is 1290 g/mol. The van der Waals surface area contributed by atoms with Crippen molar-refractivity contribution in [2.24, 2.45) is 21.8 Å². The number of halogens is 4. The first-order chi connectivity index (χ1) is 44.3. The lowest BCUT2D eigenvalue weighted by atomic mass is 9.81. The van der Waals surface area contributed by atoms with Crippen LogP contribution in [0.2, 0.25) is 20.1 Å². The average Bonchev–Trinajstić information content (AvgIpc) is 1.58. The Balaban J connectivity index is 0.000000181. The van der Waals surface area contributed by atoms with Gasteiger partial charge in [0.05, 0.1) is 12.1 Å². The van der Waals surface area contributed by atoms with Crippen LogP contribution in [0.1, 0.15) is 154 Å². The number of likely N-dealkylation sites (tertiary alicyclic amines) is 4. The fraction of sp³-hybridized carbons (Fsp3) is 0.528. The molecule has 4 aromatic carbocycles. The Kier molecular flexibility index (Phi) is 22.6. The number of benzene rings is 4. The van der Waals surface area contributed by atoms with Crippen molar-refractivity contribution in [3.63, 3.8) is 0 Å². The van der Waals surface area contributed by atoms with E-state index in [1.165, 1.54) is 49.5 Å². The van der Waals surface area contributed by atoms with Crippen LogP contribution in [0.4, 0.5) is 0 Å². The Hall–Kier alpha value is -5.08. The zero-order valence-electron chi connectivity index (χ0n) is 55.8. The number of amides is 3. The molecule has 0 bridgehead atoms. The second-order valence-corrected chi connectivity index (χ2v) is 30.8. The van der Waals surface area contributed by atoms with Crippen LogP contribution < -0.4 is 5.32 Å². The number of nitrogens with zero attached hydrogens (tertiary/aromatic N) is 9. The van der Waals surface area contributed by atoms with Crippen LogP contribution in [0.3, 0.4) is 0 Å². The number of aliphatic carboxylic acids is 1. The standard InChI is InChI=1S/C36H45Cl2N5O2S.C29H31Cl2N3O3S.C7H16N2/c1-7-27-16-17-29(33(44)41(6)28-18-20-40(5)21-19-28)42(27)34(45)31-30(22(2)3)43-32(23-8-12-25(37)13-9-23)36(4,39-35(43)46-31)24-10-14-26(38)15-11-24;1-5-21-14-15-22(27(36)37)33(21)26(35)24-23(16(2)3)34-25(17-6-10-19(30)11-7-17)29(4,32-28(34)38-24)18-8-12-20(31)13-9-18;1-8-7-3-5-9(2)6-4-7/h8-15,22,27-29,32H,7,16-21H2,1-6H3;6-13,16,21-22,25H,5,14-15H2,1-4H3,(H,36,37);7-8H,3-6H2,1-2H3/t27-,29+,32-,36+;21-,22+,25-,29+;/m11./s1. The SMILES string of the molecule is CC[C@@H]1CC[C@@H](C(=O)N(C)C2CCN(C)CC2)N1C(=O)C1=C(C(C)C)N2C(=N[C@@](C)(c3ccc(Cl)cc3)[C@H]2c2ccc(Cl)cc2)S1.CC[C@@H]1CC[C@@H](C(=O)O)N1C(=O)C1=C(C(C)C)N2C(=N[C@@](C)(c3ccc(Cl)cc3)[C@H]2c2ccc(Cl)cc2)S1.CNC1CCN(C)CC1. The summed E-state index contributed by atoms with van der Waals surface area (Å²) in [6, 6.07) is 30.6. The molecule has 0 aromatic heterocycles. The molecule has 4 fully saturated rings. The molecule has 3 amide bonds. The summed E-state index contributed by atoms with van der Waals surface area (Å²) in [6.45, 7) is 21.3. The molecule has 15 nitrogen and oxygen atoms in total. The maximum absolute atomic E-state index is 14.8. The third-order valence-corrected chi connectivity index (χ3v) is 23.6. The number of fused-ring (bicyclic) bond motifs is 2. The van der Waals surface area contributed by atoms with Crippen molar-refractivity contribution in [3.8, 4) is 0 Å². The summed E-state index contributed by atoms with van der Waals surface area (Å²) >= 11 is 27.9. The predicted octanol–water partition coefficient (Wildman–Crippen LogP) is 14.9. The van der Waals surface area contributed by atoms with E-state index < -0.39 is 29.1 Å². The fourth-order valence-corrected chi connectivity index (χ4v) is 18.3. The summed E-state index contributed by atoms with van der Waals surface area (Å²) in [5.41, 5.74) is 4.69. The molecule has 8 atom stereocenters. The van der Waals surface area contributed by atoms with E-state index in [0.29, 0.717) is 49.2 Å². The molecule has 2 N–H and O–H groups in total. The molecule has 0 saturated carbocycles. The second kappa shape index (κ2) is 29.7. The first kappa shape index (κ1) is 70.7. The van der Waals surface area contributed by atoms with Gasteiger partial charge in [0.1, 0.15) is 33.0 Å². The van der Waals surface area contributed by atoms with Gasteiger partial charge in [-0.25, -0.2) is 14.8 Å². The topological polar surface area (TPSA) is 148 Å². The second-order valence-electron chi connectivity index (χ2n) is 27.1. The summed E-state index contributed by atoms with van der Waals surface area (Å²) in [6.07, 6.45) is 8.78. The molecule has 0 spiro atoms. The van der Waals surface area contributed by atoms with E-state index in [2.05, 4.69) is 107 Å². The molecule has 0 radical (unpaired) electrons. The Morgan fingerprint density at radius 2 is 0.925 bits per heavy atom. The van der Waals surface area contributed by atoms with Gasteiger partial charge in [0.15, 0.2) is 10.3 Å². The van der Waals surface area contributed by atoms with Crippen LogP contribution in [0, 0.1) is 11.8 Å². The highest BCUT2D eigenvalue weighted by Gasteiger charge is 2.57. The largest absolute Gasteiger partial charge is 0.480 e. The summed E-state index contributed by atoms with van der Waals surface area (Å²) in [5.74, 6) is -1.09. The molecule has 500 valence electrons. The maximum atomic E-state index is 14.8. The van der Waals surface area contributed by atoms with Crippen molar-refractivity contribution in [3.05, 3.63) is 161 Å². The zero-order valence-corrected chi connectivity index (χ0v) is 60.5. The Morgan fingerprint density at radius 1 is 0.570 bits per heavy atom. The van der Waals surface area contributed by atoms with Crippen LogP contribution in [0.25, 0.3) is 0 Å². The molecule has 0 unspecified atom stereocenters. The van der Waals surface area contributed by atoms with Crippen LogP contribution in [0.15, 0.2) is 128 Å². The molecular formula is C72H92Cl4N10O5S2. The van der Waals surface area contributed by atoms with Crippen LogP contribution in [-0.4, -0.2) is 164 Å². The van der Waals surface area contributed by atoms with Crippen LogP contribution in [-0.2, 0) is 30.3 Å². The number of amidine groups is 2. The van der Waals surface area contributed by atoms with Crippen LogP contribution >= 0.6 is 69.9 Å². The van der Waals surface area contributed by atoms with Gasteiger partial charge in [0, 0.05) is 62.7 Å². The van der Waals surface area contributed by atoms with Crippen molar-refractivity contribution in [1.82, 2.24) is 39.6 Å². The number of carbonyl (C=O) groups is 4. The fourth-order valence-electron chi connectivity index (χ4n) is 15.1. The van der Waals surface area contributed by atoms with Crippen molar-refractivity contribution < 1.29 is 24.3 Å². The first-order valence-electron chi connectivity index (χ1n) is 33.2. The zero-order chi connectivity index (χ0) is 67.0. The van der Waals surface area contributed by atoms with E-state index >= 15 is 0 Å². The Morgan fingerprint density at radius 3 is 1.28 bits per heavy atom. The van der Waals surface area contributed by atoms with Gasteiger partial charge in [-0.1, -0.05) is 136 Å². The molecule has 4 saturated heterocycles. The minimum absolute atomic E-state index is 0.00229. The molecule has 8 heterocycles. The third kappa shape index (κ3) is 14.4. The monoisotopic (exact) mass is 1380 g/mol. The predicted molar refractivity (Wildman–Crippen MR) is 382 cm³/mol. The Labute approximate surface area is 579 Å². The number of aliphatic imine (C=N–C) groups is 2. The first-order valence-corrected chi connectivity index (χ1v) is 36.3. The number of carbonyl (C=O) groups excluding carboxylic acids is 3. The van der Waals surface area contributed by atoms with Gasteiger partial charge in [-0.3, -0.25) is 14.4 Å². The van der Waals surface area contributed by atoms with Crippen molar-refractivity contribution in [2.75, 3.05) is 54.4 Å². The number of allylic oxidation sites excluding steroid dienone is 2. The van der Waals surface area contributed by atoms with Crippen molar-refractivity contribution >= 4 is 104 Å². The van der Waals surface area contributed by atoms with Crippen LogP contribution in [0.5, 0.6) is 0 Å². The molecule has 12 rings (SSSR count). The molecule has 8 aliphatic rings. The highest BCUT2D eigenvalue weighted by Crippen LogP contribution is 2.59. The lowest BCUT2D eigenvalue weighted by molar-refractivity contribution is -0.148. The number of carboxylic acid groups (broad SMARTS) is 1. The molecule has 4 aromatic rings. The maximum Gasteiger partial charge on any atom is 0.326 e. The normalized spacial score (nSPS) is 26.7. The molecule has 8 aliphatic heterocycles. The van der Waals surface area contributed by atoms with E-state index in [1.807, 2.05) is 109 Å². The number of rotatable bonds is 14. The number of carboxylic acids is 1. The highest BCUT2D eigenvalue weighted by atomic mass is 35.5. The summed E-state index contributed by atoms with van der Waals surface area (Å²) < 4.78 is 0. The summed E-state index contributed by atoms with van der Waals surface area (Å²) in [7, 11) is 8.30. The summed E-state index contributed by atoms with van der Waals surface area (Å²) in [4.78, 5) is 81.6. The number of thioether (sulfide) groups is 2. The smallest absolute Gasteiger partial charge is 0.326 e. The molecule has 21 heteroatoms. The minimum atomic E-state index is -0.948. The van der Waals surface area contributed by atoms with Gasteiger partial charge in [-0.15, -0.1) is 0 Å². The van der Waals surface area contributed by atoms with Crippen molar-refractivity contribution in [2.45, 2.75) is 179 Å². The Bertz CT molecular complexity index is 3500. The van der Waals surface area contributed by atoms with Gasteiger partial charge in [0.25, 0.3) is 11.8 Å². The number of piperidine rings is 2. The third-order valence-electron chi connectivity index (χ3n) is 20.4. The summed E-state index contributed by atoms with van der Waals surface area (Å²) in [5, 5.41) is 17.4. The molecule has 0 aliphatic carbocycles. The van der Waals surface area contributed by atoms with E-state index in [4.69, 9.17) is 56.4 Å². The van der Waals surface area contributed by atoms with E-state index in [-0.39, 0.29) is 59.8 Å². The average molecular weight is 1380 g/mol. The van der Waals surface area contributed by atoms with Gasteiger partial charge >= 0.3 is 5.97 Å². The number of hydrogen-bond acceptors (Lipinski definition) is 13. The number of likely N-dealkylation sites (N-methyl/N-ethyl adjacent to an activating group) is 1.